The van der Waals surface area contributed by atoms with E-state index in [9.17, 15) is 9.18 Å². The van der Waals surface area contributed by atoms with Gasteiger partial charge in [-0.1, -0.05) is 42.2 Å². The summed E-state index contributed by atoms with van der Waals surface area (Å²) in [4.78, 5) is 16.2. The topological polar surface area (TPSA) is 51.2 Å². The molecule has 2 atom stereocenters. The molecule has 1 fully saturated rings. The molecule has 4 nitrogen and oxygen atoms in total. The van der Waals surface area contributed by atoms with Gasteiger partial charge in [-0.3, -0.25) is 4.98 Å². The Morgan fingerprint density at radius 2 is 1.78 bits per heavy atom. The molecule has 1 amide bonds. The lowest BCUT2D eigenvalue weighted by molar-refractivity contribution is 0.131. The van der Waals surface area contributed by atoms with Crippen LogP contribution < -0.4 is 5.32 Å². The lowest BCUT2D eigenvalue weighted by Gasteiger charge is -2.16. The molecule has 0 aliphatic carbocycles. The molecule has 132 valence electrons. The van der Waals surface area contributed by atoms with Crippen molar-refractivity contribution in [3.63, 3.8) is 0 Å². The van der Waals surface area contributed by atoms with E-state index in [2.05, 4.69) is 22.1 Å². The Kier molecular flexibility index (Phi) is 4.54. The summed E-state index contributed by atoms with van der Waals surface area (Å²) in [6, 6.07) is 18.8. The number of nitrogens with zero attached hydrogens (tertiary/aromatic N) is 1. The van der Waals surface area contributed by atoms with Crippen molar-refractivity contribution in [2.24, 2.45) is 0 Å². The number of aromatic nitrogens is 1. The zero-order valence-corrected chi connectivity index (χ0v) is 14.2. The van der Waals surface area contributed by atoms with Crippen LogP contribution in [0.2, 0.25) is 0 Å². The highest BCUT2D eigenvalue weighted by Crippen LogP contribution is 2.35. The summed E-state index contributed by atoms with van der Waals surface area (Å²) in [5.41, 5.74) is 2.88. The normalized spacial score (nSPS) is 18.2. The van der Waals surface area contributed by atoms with Crippen molar-refractivity contribution >= 4 is 6.09 Å². The minimum Gasteiger partial charge on any atom is -0.439 e. The first kappa shape index (κ1) is 16.8. The number of alkyl carbamates (subject to hydrolysis) is 1. The van der Waals surface area contributed by atoms with Crippen molar-refractivity contribution in [2.75, 3.05) is 0 Å². The summed E-state index contributed by atoms with van der Waals surface area (Å²) < 4.78 is 18.9. The van der Waals surface area contributed by atoms with Crippen LogP contribution in [0, 0.1) is 17.7 Å². The Labute approximate surface area is 156 Å². The fourth-order valence-corrected chi connectivity index (χ4v) is 2.92. The third-order valence-corrected chi connectivity index (χ3v) is 4.22. The van der Waals surface area contributed by atoms with E-state index >= 15 is 0 Å². The van der Waals surface area contributed by atoms with E-state index in [-0.39, 0.29) is 5.82 Å². The van der Waals surface area contributed by atoms with E-state index in [4.69, 9.17) is 4.74 Å². The minimum absolute atomic E-state index is 0.381. The molecule has 4 rings (SSSR count). The molecule has 1 N–H and O–H groups in total. The van der Waals surface area contributed by atoms with Gasteiger partial charge in [0.05, 0.1) is 5.69 Å². The standard InChI is InChI=1S/C22H15FN2O2/c23-18-8-4-7-17(13-18)21-20(25-22(26)27-21)19-12-11-16(14-24-19)10-9-15-5-2-1-3-6-15/h1-8,11-14,20-21H,(H,25,26)/t20?,21-/m0/s1. The molecule has 1 unspecified atom stereocenters. The van der Waals surface area contributed by atoms with Crippen molar-refractivity contribution in [3.8, 4) is 11.8 Å². The molecule has 2 heterocycles. The zero-order chi connectivity index (χ0) is 18.6. The van der Waals surface area contributed by atoms with Crippen LogP contribution in [0.3, 0.4) is 0 Å². The van der Waals surface area contributed by atoms with Crippen LogP contribution in [-0.2, 0) is 4.74 Å². The number of halogens is 1. The molecule has 1 aromatic heterocycles. The fraction of sp³-hybridized carbons (Fsp3) is 0.0909. The first-order valence-corrected chi connectivity index (χ1v) is 8.45. The van der Waals surface area contributed by atoms with E-state index in [0.717, 1.165) is 11.1 Å². The van der Waals surface area contributed by atoms with Gasteiger partial charge in [-0.15, -0.1) is 0 Å². The summed E-state index contributed by atoms with van der Waals surface area (Å²) in [7, 11) is 0. The summed E-state index contributed by atoms with van der Waals surface area (Å²) in [6.45, 7) is 0. The highest BCUT2D eigenvalue weighted by Gasteiger charge is 2.37. The molecule has 2 aromatic carbocycles. The highest BCUT2D eigenvalue weighted by molar-refractivity contribution is 5.71. The van der Waals surface area contributed by atoms with Gasteiger partial charge in [-0.2, -0.15) is 0 Å². The van der Waals surface area contributed by atoms with Crippen LogP contribution >= 0.6 is 0 Å². The molecule has 1 aliphatic rings. The number of hydrogen-bond donors (Lipinski definition) is 1. The Morgan fingerprint density at radius 1 is 0.963 bits per heavy atom. The molecule has 1 saturated heterocycles. The summed E-state index contributed by atoms with van der Waals surface area (Å²) in [5, 5.41) is 2.73. The van der Waals surface area contributed by atoms with Crippen molar-refractivity contribution in [2.45, 2.75) is 12.1 Å². The van der Waals surface area contributed by atoms with Crippen LogP contribution in [0.25, 0.3) is 0 Å². The highest BCUT2D eigenvalue weighted by atomic mass is 19.1. The van der Waals surface area contributed by atoms with Gasteiger partial charge < -0.3 is 10.1 Å². The number of nitrogens with one attached hydrogen (secondary N) is 1. The van der Waals surface area contributed by atoms with Crippen LogP contribution in [0.4, 0.5) is 9.18 Å². The molecular weight excluding hydrogens is 343 g/mol. The molecule has 0 spiro atoms. The average molecular weight is 358 g/mol. The van der Waals surface area contributed by atoms with Crippen molar-refractivity contribution in [1.82, 2.24) is 10.3 Å². The van der Waals surface area contributed by atoms with Crippen LogP contribution in [0.15, 0.2) is 72.9 Å². The number of ether oxygens (including phenoxy) is 1. The number of rotatable bonds is 2. The van der Waals surface area contributed by atoms with Gasteiger partial charge in [0, 0.05) is 17.3 Å². The Hall–Kier alpha value is -3.65. The summed E-state index contributed by atoms with van der Waals surface area (Å²) in [5.74, 6) is 5.75. The Balaban J connectivity index is 1.57. The number of carbonyl (C=O) groups is 1. The third-order valence-electron chi connectivity index (χ3n) is 4.22. The number of benzene rings is 2. The molecule has 3 aromatic rings. The van der Waals surface area contributed by atoms with E-state index in [1.54, 1.807) is 24.4 Å². The van der Waals surface area contributed by atoms with Crippen molar-refractivity contribution in [1.29, 1.82) is 0 Å². The van der Waals surface area contributed by atoms with Gasteiger partial charge in [0.15, 0.2) is 6.10 Å². The molecule has 5 heteroatoms. The zero-order valence-electron chi connectivity index (χ0n) is 14.2. The van der Waals surface area contributed by atoms with Crippen molar-refractivity contribution in [3.05, 3.63) is 101 Å². The van der Waals surface area contributed by atoms with Gasteiger partial charge in [0.25, 0.3) is 0 Å². The van der Waals surface area contributed by atoms with E-state index in [1.807, 2.05) is 36.4 Å². The molecule has 0 bridgehead atoms. The maximum absolute atomic E-state index is 13.5. The van der Waals surface area contributed by atoms with Crippen molar-refractivity contribution < 1.29 is 13.9 Å². The Morgan fingerprint density at radius 3 is 2.52 bits per heavy atom. The summed E-state index contributed by atoms with van der Waals surface area (Å²) >= 11 is 0. The maximum Gasteiger partial charge on any atom is 0.408 e. The first-order valence-electron chi connectivity index (χ1n) is 8.45. The van der Waals surface area contributed by atoms with Crippen LogP contribution in [-0.4, -0.2) is 11.1 Å². The number of amides is 1. The lowest BCUT2D eigenvalue weighted by Crippen LogP contribution is -2.20. The largest absolute Gasteiger partial charge is 0.439 e. The van der Waals surface area contributed by atoms with E-state index in [0.29, 0.717) is 11.3 Å². The predicted octanol–water partition coefficient (Wildman–Crippen LogP) is 4.14. The maximum atomic E-state index is 13.5. The van der Waals surface area contributed by atoms with Gasteiger partial charge in [0.1, 0.15) is 11.9 Å². The molecule has 0 saturated carbocycles. The second-order valence-electron chi connectivity index (χ2n) is 6.09. The number of cyclic esters (lactones) is 1. The smallest absolute Gasteiger partial charge is 0.408 e. The third kappa shape index (κ3) is 3.80. The Bertz CT molecular complexity index is 1020. The van der Waals surface area contributed by atoms with Gasteiger partial charge in [-0.25, -0.2) is 9.18 Å². The monoisotopic (exact) mass is 358 g/mol. The predicted molar refractivity (Wildman–Crippen MR) is 98.2 cm³/mol. The molecule has 27 heavy (non-hydrogen) atoms. The fourth-order valence-electron chi connectivity index (χ4n) is 2.92. The minimum atomic E-state index is -0.637. The van der Waals surface area contributed by atoms with Crippen LogP contribution in [0.5, 0.6) is 0 Å². The molecular formula is C22H15FN2O2. The summed E-state index contributed by atoms with van der Waals surface area (Å²) in [6.07, 6.45) is 0.462. The molecule has 0 radical (unpaired) electrons. The van der Waals surface area contributed by atoms with Gasteiger partial charge in [-0.05, 0) is 42.0 Å². The van der Waals surface area contributed by atoms with Gasteiger partial charge >= 0.3 is 6.09 Å². The average Bonchev–Trinajstić information content (AvgIpc) is 3.09. The quantitative estimate of drug-likeness (QED) is 0.701. The van der Waals surface area contributed by atoms with Gasteiger partial charge in [0.2, 0.25) is 0 Å². The second-order valence-corrected chi connectivity index (χ2v) is 6.09. The first-order chi connectivity index (χ1) is 13.2. The molecule has 1 aliphatic heterocycles. The van der Waals surface area contributed by atoms with E-state index < -0.39 is 18.2 Å². The SMILES string of the molecule is O=C1NC(c2ccc(C#Cc3ccccc3)cn2)[C@H](c2cccc(F)c2)O1. The van der Waals surface area contributed by atoms with E-state index in [1.165, 1.54) is 12.1 Å². The van der Waals surface area contributed by atoms with Crippen LogP contribution in [0.1, 0.15) is 34.5 Å². The second kappa shape index (κ2) is 7.30. The number of pyridine rings is 1. The number of hydrogen-bond acceptors (Lipinski definition) is 3. The number of carbonyl (C=O) groups excluding carboxylic acids is 1. The lowest BCUT2D eigenvalue weighted by atomic mass is 9.99.